The van der Waals surface area contributed by atoms with E-state index in [9.17, 15) is 4.39 Å². The molecule has 1 aromatic carbocycles. The van der Waals surface area contributed by atoms with Crippen molar-refractivity contribution in [2.75, 3.05) is 19.6 Å². The summed E-state index contributed by atoms with van der Waals surface area (Å²) in [6.45, 7) is 5.77. The van der Waals surface area contributed by atoms with E-state index in [0.29, 0.717) is 5.92 Å². The van der Waals surface area contributed by atoms with Gasteiger partial charge in [-0.05, 0) is 55.6 Å². The van der Waals surface area contributed by atoms with Gasteiger partial charge in [0, 0.05) is 13.1 Å². The van der Waals surface area contributed by atoms with E-state index in [1.807, 2.05) is 13.0 Å². The lowest BCUT2D eigenvalue weighted by molar-refractivity contribution is 0.316. The minimum atomic E-state index is -0.143. The van der Waals surface area contributed by atoms with Gasteiger partial charge >= 0.3 is 0 Å². The Morgan fingerprint density at radius 3 is 2.88 bits per heavy atom. The molecule has 0 radical (unpaired) electrons. The monoisotopic (exact) mass is 258 g/mol. The smallest absolute Gasteiger partial charge is 0.123 e. The Morgan fingerprint density at radius 2 is 2.24 bits per heavy atom. The molecular formula is C13H20ClFN2. The van der Waals surface area contributed by atoms with Crippen LogP contribution in [0.2, 0.25) is 0 Å². The van der Waals surface area contributed by atoms with Crippen LogP contribution in [0.25, 0.3) is 0 Å². The first-order valence-corrected chi connectivity index (χ1v) is 5.86. The molecule has 1 aromatic rings. The van der Waals surface area contributed by atoms with Crippen LogP contribution >= 0.6 is 12.4 Å². The van der Waals surface area contributed by atoms with E-state index < -0.39 is 0 Å². The molecular weight excluding hydrogens is 239 g/mol. The molecule has 1 fully saturated rings. The number of nitrogens with two attached hydrogens (primary N) is 1. The molecule has 96 valence electrons. The molecule has 17 heavy (non-hydrogen) atoms. The van der Waals surface area contributed by atoms with Crippen molar-refractivity contribution in [2.45, 2.75) is 19.9 Å². The van der Waals surface area contributed by atoms with Gasteiger partial charge in [0.1, 0.15) is 5.82 Å². The maximum absolute atomic E-state index is 13.1. The third kappa shape index (κ3) is 3.66. The minimum Gasteiger partial charge on any atom is -0.330 e. The highest BCUT2D eigenvalue weighted by molar-refractivity contribution is 5.85. The van der Waals surface area contributed by atoms with Crippen molar-refractivity contribution >= 4 is 12.4 Å². The maximum Gasteiger partial charge on any atom is 0.123 e. The molecule has 0 aromatic heterocycles. The molecule has 4 heteroatoms. The van der Waals surface area contributed by atoms with Gasteiger partial charge in [0.2, 0.25) is 0 Å². The summed E-state index contributed by atoms with van der Waals surface area (Å²) in [7, 11) is 0. The Hall–Kier alpha value is -0.640. The number of halogens is 2. The number of hydrogen-bond acceptors (Lipinski definition) is 2. The molecule has 0 aliphatic carbocycles. The van der Waals surface area contributed by atoms with Gasteiger partial charge in [-0.3, -0.25) is 4.90 Å². The van der Waals surface area contributed by atoms with E-state index in [1.54, 1.807) is 6.07 Å². The van der Waals surface area contributed by atoms with E-state index in [4.69, 9.17) is 5.73 Å². The number of benzene rings is 1. The zero-order valence-electron chi connectivity index (χ0n) is 10.2. The van der Waals surface area contributed by atoms with Gasteiger partial charge < -0.3 is 5.73 Å². The third-order valence-corrected chi connectivity index (χ3v) is 3.41. The third-order valence-electron chi connectivity index (χ3n) is 3.41. The van der Waals surface area contributed by atoms with Gasteiger partial charge in [-0.2, -0.15) is 0 Å². The van der Waals surface area contributed by atoms with Crippen molar-refractivity contribution in [3.05, 3.63) is 35.1 Å². The Labute approximate surface area is 108 Å². The van der Waals surface area contributed by atoms with Crippen LogP contribution < -0.4 is 5.73 Å². The largest absolute Gasteiger partial charge is 0.330 e. The topological polar surface area (TPSA) is 29.3 Å². The Bertz CT molecular complexity index is 370. The highest BCUT2D eigenvalue weighted by Crippen LogP contribution is 2.19. The van der Waals surface area contributed by atoms with Crippen LogP contribution in [-0.2, 0) is 6.54 Å². The molecule has 1 saturated heterocycles. The predicted octanol–water partition coefficient (Wildman–Crippen LogP) is 2.34. The molecule has 0 bridgehead atoms. The van der Waals surface area contributed by atoms with Crippen molar-refractivity contribution in [2.24, 2.45) is 11.7 Å². The van der Waals surface area contributed by atoms with Crippen LogP contribution in [0.4, 0.5) is 4.39 Å². The summed E-state index contributed by atoms with van der Waals surface area (Å²) in [5.74, 6) is 0.476. The van der Waals surface area contributed by atoms with Crippen molar-refractivity contribution in [3.8, 4) is 0 Å². The van der Waals surface area contributed by atoms with E-state index in [0.717, 1.165) is 37.3 Å². The molecule has 1 heterocycles. The fraction of sp³-hybridized carbons (Fsp3) is 0.538. The molecule has 1 aliphatic heterocycles. The van der Waals surface area contributed by atoms with Crippen LogP contribution in [0, 0.1) is 18.7 Å². The van der Waals surface area contributed by atoms with Crippen molar-refractivity contribution in [1.29, 1.82) is 0 Å². The number of hydrogen-bond donors (Lipinski definition) is 1. The lowest BCUT2D eigenvalue weighted by atomic mass is 10.1. The normalized spacial score (nSPS) is 20.3. The van der Waals surface area contributed by atoms with Crippen LogP contribution in [0.1, 0.15) is 17.5 Å². The standard InChI is InChI=1S/C13H19FN2.ClH/c1-10-2-3-13(14)6-12(10)9-16-5-4-11(7-15)8-16;/h2-3,6,11H,4-5,7-9,15H2,1H3;1H. The van der Waals surface area contributed by atoms with Gasteiger partial charge in [0.15, 0.2) is 0 Å². The van der Waals surface area contributed by atoms with E-state index in [-0.39, 0.29) is 18.2 Å². The average Bonchev–Trinajstić information content (AvgIpc) is 2.71. The second kappa shape index (κ2) is 6.34. The van der Waals surface area contributed by atoms with Crippen LogP contribution in [0.3, 0.4) is 0 Å². The molecule has 1 aliphatic rings. The summed E-state index contributed by atoms with van der Waals surface area (Å²) in [4.78, 5) is 2.36. The molecule has 0 spiro atoms. The summed E-state index contributed by atoms with van der Waals surface area (Å²) in [6, 6.07) is 5.01. The van der Waals surface area contributed by atoms with Gasteiger partial charge in [0.25, 0.3) is 0 Å². The second-order valence-corrected chi connectivity index (χ2v) is 4.70. The van der Waals surface area contributed by atoms with Crippen LogP contribution in [0.5, 0.6) is 0 Å². The first-order chi connectivity index (χ1) is 7.69. The summed E-state index contributed by atoms with van der Waals surface area (Å²) in [5, 5.41) is 0. The van der Waals surface area contributed by atoms with E-state index in [2.05, 4.69) is 4.90 Å². The summed E-state index contributed by atoms with van der Waals surface area (Å²) in [6.07, 6.45) is 1.17. The fourth-order valence-corrected chi connectivity index (χ4v) is 2.30. The number of aryl methyl sites for hydroxylation is 1. The maximum atomic E-state index is 13.1. The lowest BCUT2D eigenvalue weighted by Crippen LogP contribution is -2.23. The highest BCUT2D eigenvalue weighted by Gasteiger charge is 2.21. The molecule has 2 rings (SSSR count). The summed E-state index contributed by atoms with van der Waals surface area (Å²) >= 11 is 0. The Kier molecular flexibility index (Phi) is 5.37. The molecule has 1 atom stereocenters. The molecule has 2 N–H and O–H groups in total. The van der Waals surface area contributed by atoms with E-state index >= 15 is 0 Å². The van der Waals surface area contributed by atoms with Crippen LogP contribution in [0.15, 0.2) is 18.2 Å². The Balaban J connectivity index is 0.00000144. The molecule has 0 saturated carbocycles. The van der Waals surface area contributed by atoms with Gasteiger partial charge in [0.05, 0.1) is 0 Å². The minimum absolute atomic E-state index is 0. The fourth-order valence-electron chi connectivity index (χ4n) is 2.30. The molecule has 0 amide bonds. The van der Waals surface area contributed by atoms with Crippen molar-refractivity contribution < 1.29 is 4.39 Å². The average molecular weight is 259 g/mol. The van der Waals surface area contributed by atoms with Gasteiger partial charge in [-0.15, -0.1) is 12.4 Å². The molecule has 1 unspecified atom stereocenters. The lowest BCUT2D eigenvalue weighted by Gasteiger charge is -2.17. The van der Waals surface area contributed by atoms with Crippen molar-refractivity contribution in [1.82, 2.24) is 4.90 Å². The van der Waals surface area contributed by atoms with Crippen molar-refractivity contribution in [3.63, 3.8) is 0 Å². The summed E-state index contributed by atoms with van der Waals surface area (Å²) in [5.41, 5.74) is 7.92. The predicted molar refractivity (Wildman–Crippen MR) is 70.8 cm³/mol. The second-order valence-electron chi connectivity index (χ2n) is 4.70. The quantitative estimate of drug-likeness (QED) is 0.902. The first kappa shape index (κ1) is 14.4. The highest BCUT2D eigenvalue weighted by atomic mass is 35.5. The van der Waals surface area contributed by atoms with Gasteiger partial charge in [-0.25, -0.2) is 4.39 Å². The number of rotatable bonds is 3. The summed E-state index contributed by atoms with van der Waals surface area (Å²) < 4.78 is 13.1. The zero-order valence-corrected chi connectivity index (χ0v) is 11.0. The first-order valence-electron chi connectivity index (χ1n) is 5.86. The SMILES string of the molecule is Cc1ccc(F)cc1CN1CCC(CN)C1.Cl. The Morgan fingerprint density at radius 1 is 1.47 bits per heavy atom. The van der Waals surface area contributed by atoms with Crippen LogP contribution in [-0.4, -0.2) is 24.5 Å². The molecule has 2 nitrogen and oxygen atoms in total. The zero-order chi connectivity index (χ0) is 11.5. The van der Waals surface area contributed by atoms with E-state index in [1.165, 1.54) is 12.5 Å². The number of likely N-dealkylation sites (tertiary alicyclic amines) is 1. The number of nitrogens with zero attached hydrogens (tertiary/aromatic N) is 1. The van der Waals surface area contributed by atoms with Gasteiger partial charge in [-0.1, -0.05) is 6.07 Å².